The van der Waals surface area contributed by atoms with Crippen LogP contribution in [-0.2, 0) is 0 Å². The number of hydrogen-bond donors (Lipinski definition) is 0. The highest BCUT2D eigenvalue weighted by Crippen LogP contribution is 2.31. The third-order valence-corrected chi connectivity index (χ3v) is 3.76. The Balaban J connectivity index is 2.77. The summed E-state index contributed by atoms with van der Waals surface area (Å²) in [6.07, 6.45) is 7.22. The molecule has 0 aliphatic heterocycles. The summed E-state index contributed by atoms with van der Waals surface area (Å²) in [5.41, 5.74) is 3.62. The molecule has 1 atom stereocenters. The zero-order chi connectivity index (χ0) is 17.2. The molecule has 1 unspecified atom stereocenters. The highest BCUT2D eigenvalue weighted by atomic mass is 16.5. The Labute approximate surface area is 140 Å². The summed E-state index contributed by atoms with van der Waals surface area (Å²) in [5.74, 6) is 1.17. The van der Waals surface area contributed by atoms with Crippen LogP contribution in [0.1, 0.15) is 51.5 Å². The van der Waals surface area contributed by atoms with Gasteiger partial charge < -0.3 is 9.47 Å². The lowest BCUT2D eigenvalue weighted by atomic mass is 9.95. The lowest BCUT2D eigenvalue weighted by Gasteiger charge is -2.12. The Morgan fingerprint density at radius 2 is 1.83 bits per heavy atom. The van der Waals surface area contributed by atoms with Gasteiger partial charge >= 0.3 is 0 Å². The van der Waals surface area contributed by atoms with Crippen LogP contribution in [0.3, 0.4) is 0 Å². The van der Waals surface area contributed by atoms with Crippen molar-refractivity contribution in [1.29, 1.82) is 5.26 Å². The highest BCUT2D eigenvalue weighted by molar-refractivity contribution is 5.45. The molecular weight excluding hydrogens is 286 g/mol. The Morgan fingerprint density at radius 3 is 2.39 bits per heavy atom. The molecule has 124 valence electrons. The molecule has 0 aliphatic rings. The number of hydrogen-bond acceptors (Lipinski definition) is 3. The minimum absolute atomic E-state index is 0.173. The largest absolute Gasteiger partial charge is 0.493 e. The van der Waals surface area contributed by atoms with Crippen molar-refractivity contribution < 1.29 is 9.47 Å². The Kier molecular flexibility index (Phi) is 7.97. The molecule has 0 amide bonds. The van der Waals surface area contributed by atoms with Crippen LogP contribution in [0.15, 0.2) is 41.5 Å². The second-order valence-corrected chi connectivity index (χ2v) is 5.90. The molecule has 0 fully saturated rings. The number of methoxy groups -OCH3 is 2. The molecule has 0 bridgehead atoms. The summed E-state index contributed by atoms with van der Waals surface area (Å²) in [6, 6.07) is 8.06. The van der Waals surface area contributed by atoms with E-state index in [0.29, 0.717) is 17.9 Å². The lowest BCUT2D eigenvalue weighted by Crippen LogP contribution is -1.97. The molecule has 0 saturated heterocycles. The molecule has 3 heteroatoms. The third kappa shape index (κ3) is 6.20. The zero-order valence-corrected chi connectivity index (χ0v) is 14.8. The van der Waals surface area contributed by atoms with Crippen molar-refractivity contribution in [3.8, 4) is 17.6 Å². The number of rotatable bonds is 8. The number of allylic oxidation sites excluding steroid dienone is 4. The van der Waals surface area contributed by atoms with Crippen molar-refractivity contribution >= 4 is 0 Å². The molecule has 0 aliphatic carbocycles. The molecule has 0 saturated carbocycles. The van der Waals surface area contributed by atoms with Crippen molar-refractivity contribution in [1.82, 2.24) is 0 Å². The van der Waals surface area contributed by atoms with Gasteiger partial charge in [-0.05, 0) is 57.7 Å². The Hall–Kier alpha value is -2.21. The molecule has 0 N–H and O–H groups in total. The van der Waals surface area contributed by atoms with E-state index in [9.17, 15) is 5.26 Å². The summed E-state index contributed by atoms with van der Waals surface area (Å²) in [6.45, 7) is 6.35. The van der Waals surface area contributed by atoms with E-state index in [1.54, 1.807) is 14.2 Å². The maximum atomic E-state index is 9.47. The number of ether oxygens (including phenoxy) is 2. The van der Waals surface area contributed by atoms with Gasteiger partial charge in [0.15, 0.2) is 11.5 Å². The Morgan fingerprint density at radius 1 is 1.13 bits per heavy atom. The highest BCUT2D eigenvalue weighted by Gasteiger charge is 2.13. The van der Waals surface area contributed by atoms with E-state index in [4.69, 9.17) is 9.47 Å². The first-order chi connectivity index (χ1) is 11.0. The second kappa shape index (κ2) is 9.74. The van der Waals surface area contributed by atoms with Crippen molar-refractivity contribution in [3.63, 3.8) is 0 Å². The molecule has 0 heterocycles. The normalized spacial score (nSPS) is 12.3. The van der Waals surface area contributed by atoms with Crippen LogP contribution in [-0.4, -0.2) is 14.2 Å². The standard InChI is InChI=1S/C20H27NO2/c1-15(2)7-6-8-16(3)9-10-18(14-21)17-11-12-19(22-4)20(13-17)23-5/h7,9,11-13,18H,6,8,10H2,1-5H3/b16-9+. The summed E-state index contributed by atoms with van der Waals surface area (Å²) >= 11 is 0. The van der Waals surface area contributed by atoms with Crippen LogP contribution in [0.2, 0.25) is 0 Å². The van der Waals surface area contributed by atoms with Gasteiger partial charge in [-0.15, -0.1) is 0 Å². The van der Waals surface area contributed by atoms with Gasteiger partial charge in [-0.2, -0.15) is 5.26 Å². The predicted molar refractivity (Wildman–Crippen MR) is 94.9 cm³/mol. The van der Waals surface area contributed by atoms with Gasteiger partial charge in [-0.3, -0.25) is 0 Å². The molecule has 1 rings (SSSR count). The first-order valence-corrected chi connectivity index (χ1v) is 7.92. The van der Waals surface area contributed by atoms with Gasteiger partial charge in [-0.1, -0.05) is 29.4 Å². The topological polar surface area (TPSA) is 42.2 Å². The van der Waals surface area contributed by atoms with E-state index >= 15 is 0 Å². The molecule has 0 aromatic heterocycles. The number of nitrogens with zero attached hydrogens (tertiary/aromatic N) is 1. The van der Waals surface area contributed by atoms with Gasteiger partial charge in [0, 0.05) is 0 Å². The number of benzene rings is 1. The van der Waals surface area contributed by atoms with Crippen molar-refractivity contribution in [2.75, 3.05) is 14.2 Å². The average molecular weight is 313 g/mol. The average Bonchev–Trinajstić information content (AvgIpc) is 2.54. The van der Waals surface area contributed by atoms with Gasteiger partial charge in [0.2, 0.25) is 0 Å². The van der Waals surface area contributed by atoms with Crippen molar-refractivity contribution in [3.05, 3.63) is 47.1 Å². The van der Waals surface area contributed by atoms with E-state index in [2.05, 4.69) is 39.0 Å². The van der Waals surface area contributed by atoms with Crippen LogP contribution in [0.5, 0.6) is 11.5 Å². The second-order valence-electron chi connectivity index (χ2n) is 5.90. The minimum atomic E-state index is -0.173. The van der Waals surface area contributed by atoms with Crippen LogP contribution in [0.25, 0.3) is 0 Å². The van der Waals surface area contributed by atoms with E-state index in [1.165, 1.54) is 11.1 Å². The van der Waals surface area contributed by atoms with Crippen molar-refractivity contribution in [2.24, 2.45) is 0 Å². The van der Waals surface area contributed by atoms with Gasteiger partial charge in [-0.25, -0.2) is 0 Å². The lowest BCUT2D eigenvalue weighted by molar-refractivity contribution is 0.354. The smallest absolute Gasteiger partial charge is 0.161 e. The maximum Gasteiger partial charge on any atom is 0.161 e. The zero-order valence-electron chi connectivity index (χ0n) is 14.8. The van der Waals surface area contributed by atoms with E-state index in [-0.39, 0.29) is 5.92 Å². The first kappa shape index (κ1) is 18.8. The SMILES string of the molecule is COc1ccc(C(C#N)C/C=C(\C)CCC=C(C)C)cc1OC. The molecule has 0 spiro atoms. The predicted octanol–water partition coefficient (Wildman–Crippen LogP) is 5.39. The summed E-state index contributed by atoms with van der Waals surface area (Å²) in [7, 11) is 3.22. The monoisotopic (exact) mass is 313 g/mol. The minimum Gasteiger partial charge on any atom is -0.493 e. The fourth-order valence-corrected chi connectivity index (χ4v) is 2.34. The van der Waals surface area contributed by atoms with Gasteiger partial charge in [0.1, 0.15) is 0 Å². The molecule has 23 heavy (non-hydrogen) atoms. The quantitative estimate of drug-likeness (QED) is 0.604. The van der Waals surface area contributed by atoms with Crippen LogP contribution in [0, 0.1) is 11.3 Å². The summed E-state index contributed by atoms with van der Waals surface area (Å²) in [4.78, 5) is 0. The van der Waals surface area contributed by atoms with Gasteiger partial charge in [0.05, 0.1) is 26.2 Å². The third-order valence-electron chi connectivity index (χ3n) is 3.76. The van der Waals surface area contributed by atoms with E-state index in [0.717, 1.165) is 18.4 Å². The van der Waals surface area contributed by atoms with E-state index in [1.807, 2.05) is 18.2 Å². The van der Waals surface area contributed by atoms with Gasteiger partial charge in [0.25, 0.3) is 0 Å². The maximum absolute atomic E-state index is 9.47. The molecular formula is C20H27NO2. The fourth-order valence-electron chi connectivity index (χ4n) is 2.34. The van der Waals surface area contributed by atoms with E-state index < -0.39 is 0 Å². The Bertz CT molecular complexity index is 605. The van der Waals surface area contributed by atoms with Crippen LogP contribution >= 0.6 is 0 Å². The molecule has 1 aromatic carbocycles. The summed E-state index contributed by atoms with van der Waals surface area (Å²) in [5, 5.41) is 9.47. The molecule has 3 nitrogen and oxygen atoms in total. The number of nitriles is 1. The van der Waals surface area contributed by atoms with Crippen molar-refractivity contribution in [2.45, 2.75) is 46.0 Å². The van der Waals surface area contributed by atoms with Crippen LogP contribution in [0.4, 0.5) is 0 Å². The molecule has 0 radical (unpaired) electrons. The summed E-state index contributed by atoms with van der Waals surface area (Å²) < 4.78 is 10.6. The first-order valence-electron chi connectivity index (χ1n) is 7.92. The fraction of sp³-hybridized carbons (Fsp3) is 0.450. The molecule has 1 aromatic rings. The van der Waals surface area contributed by atoms with Crippen LogP contribution < -0.4 is 9.47 Å².